The molecule has 1 fully saturated rings. The van der Waals surface area contributed by atoms with Crippen LogP contribution in [0.15, 0.2) is 30.5 Å². The molecule has 1 aromatic carbocycles. The Labute approximate surface area is 169 Å². The molecule has 0 saturated carbocycles. The van der Waals surface area contributed by atoms with Crippen molar-refractivity contribution in [3.8, 4) is 17.0 Å². The van der Waals surface area contributed by atoms with Crippen LogP contribution < -0.4 is 0 Å². The molecule has 6 nitrogen and oxygen atoms in total. The molecule has 1 unspecified atom stereocenters. The lowest BCUT2D eigenvalue weighted by molar-refractivity contribution is -0.0269. The number of hydrogen-bond donors (Lipinski definition) is 1. The largest absolute Gasteiger partial charge is 0.507 e. The van der Waals surface area contributed by atoms with Crippen molar-refractivity contribution in [2.75, 3.05) is 26.7 Å². The first-order chi connectivity index (χ1) is 12.5. The molecule has 0 spiro atoms. The number of phenols is 1. The van der Waals surface area contributed by atoms with Gasteiger partial charge in [0.1, 0.15) is 5.75 Å². The van der Waals surface area contributed by atoms with Crippen LogP contribution in [0.2, 0.25) is 5.02 Å². The number of halogens is 2. The number of morpholine rings is 1. The van der Waals surface area contributed by atoms with Gasteiger partial charge in [0.25, 0.3) is 0 Å². The second kappa shape index (κ2) is 8.02. The molecule has 144 valence electrons. The number of fused-ring (bicyclic) bond motifs is 1. The van der Waals surface area contributed by atoms with Crippen molar-refractivity contribution in [3.63, 3.8) is 0 Å². The summed E-state index contributed by atoms with van der Waals surface area (Å²) >= 11 is 6.00. The number of aromatic hydroxyl groups is 1. The van der Waals surface area contributed by atoms with Crippen LogP contribution in [-0.2, 0) is 11.3 Å². The molecule has 1 aliphatic heterocycles. The summed E-state index contributed by atoms with van der Waals surface area (Å²) < 4.78 is 7.92. The van der Waals surface area contributed by atoms with Gasteiger partial charge in [-0.1, -0.05) is 11.6 Å². The van der Waals surface area contributed by atoms with E-state index >= 15 is 0 Å². The quantitative estimate of drug-likeness (QED) is 0.717. The summed E-state index contributed by atoms with van der Waals surface area (Å²) in [7, 11) is 2.11. The van der Waals surface area contributed by atoms with Crippen LogP contribution in [0.1, 0.15) is 5.56 Å². The first kappa shape index (κ1) is 19.9. The van der Waals surface area contributed by atoms with Crippen LogP contribution >= 0.6 is 24.0 Å². The fourth-order valence-corrected chi connectivity index (χ4v) is 3.78. The summed E-state index contributed by atoms with van der Waals surface area (Å²) in [6, 6.07) is 7.30. The Morgan fingerprint density at radius 1 is 1.30 bits per heavy atom. The fraction of sp³-hybridized carbons (Fsp3) is 0.368. The van der Waals surface area contributed by atoms with Crippen LogP contribution in [0.3, 0.4) is 0 Å². The highest BCUT2D eigenvalue weighted by atomic mass is 35.5. The van der Waals surface area contributed by atoms with E-state index in [0.717, 1.165) is 42.8 Å². The third-order valence-electron chi connectivity index (χ3n) is 4.79. The number of aromatic nitrogens is 3. The molecule has 8 heteroatoms. The summed E-state index contributed by atoms with van der Waals surface area (Å²) in [6.45, 7) is 5.27. The van der Waals surface area contributed by atoms with E-state index in [1.165, 1.54) is 6.07 Å². The summed E-state index contributed by atoms with van der Waals surface area (Å²) in [5.74, 6) is 0.113. The number of nitrogens with zero attached hydrogens (tertiary/aromatic N) is 4. The number of benzene rings is 1. The normalized spacial score (nSPS) is 17.8. The maximum atomic E-state index is 10.3. The monoisotopic (exact) mass is 408 g/mol. The minimum Gasteiger partial charge on any atom is -0.507 e. The van der Waals surface area contributed by atoms with Gasteiger partial charge < -0.3 is 19.3 Å². The van der Waals surface area contributed by atoms with E-state index in [-0.39, 0.29) is 24.3 Å². The van der Waals surface area contributed by atoms with Gasteiger partial charge in [0.2, 0.25) is 0 Å². The summed E-state index contributed by atoms with van der Waals surface area (Å²) in [5, 5.41) is 20.5. The van der Waals surface area contributed by atoms with Crippen molar-refractivity contribution in [2.24, 2.45) is 0 Å². The number of aryl methyl sites for hydroxylation is 1. The van der Waals surface area contributed by atoms with Gasteiger partial charge in [-0.2, -0.15) is 0 Å². The highest BCUT2D eigenvalue weighted by Gasteiger charge is 2.19. The third kappa shape index (κ3) is 4.04. The lowest BCUT2D eigenvalue weighted by Gasteiger charge is -2.30. The minimum absolute atomic E-state index is 0. The number of ether oxygens (including phenoxy) is 1. The summed E-state index contributed by atoms with van der Waals surface area (Å²) in [6.07, 6.45) is 2.16. The van der Waals surface area contributed by atoms with E-state index in [4.69, 9.17) is 16.3 Å². The first-order valence-electron chi connectivity index (χ1n) is 8.63. The molecule has 0 amide bonds. The average molecular weight is 409 g/mol. The predicted octanol–water partition coefficient (Wildman–Crippen LogP) is 3.52. The number of rotatable bonds is 3. The molecule has 0 bridgehead atoms. The average Bonchev–Trinajstić information content (AvgIpc) is 2.96. The van der Waals surface area contributed by atoms with Gasteiger partial charge in [0.05, 0.1) is 24.9 Å². The lowest BCUT2D eigenvalue weighted by atomic mass is 10.0. The number of phenolic OH excluding ortho intramolecular Hbond substituents is 1. The fourth-order valence-electron chi connectivity index (χ4n) is 3.51. The summed E-state index contributed by atoms with van der Waals surface area (Å²) in [5.41, 5.74) is 2.97. The van der Waals surface area contributed by atoms with Gasteiger partial charge in [-0.15, -0.1) is 22.6 Å². The molecule has 0 aliphatic carbocycles. The van der Waals surface area contributed by atoms with Gasteiger partial charge in [-0.05, 0) is 43.8 Å². The standard InChI is InChI=1S/C19H21ClN4O2.ClH/c1-12-7-14(20)9-17(25)18(12)16-8-13-3-4-24(19(13)22-21-16)11-15-10-23(2)5-6-26-15;/h3-4,7-9,15,25H,5-6,10-11H2,1-2H3;1H. The zero-order chi connectivity index (χ0) is 18.3. The Morgan fingerprint density at radius 3 is 2.85 bits per heavy atom. The Kier molecular flexibility index (Phi) is 5.91. The minimum atomic E-state index is 0. The van der Waals surface area contributed by atoms with Gasteiger partial charge in [-0.25, -0.2) is 0 Å². The maximum Gasteiger partial charge on any atom is 0.162 e. The SMILES string of the molecule is Cc1cc(Cl)cc(O)c1-c1cc2ccn(CC3CN(C)CCO3)c2nn1.Cl. The second-order valence-electron chi connectivity index (χ2n) is 6.85. The molecule has 0 radical (unpaired) electrons. The van der Waals surface area contributed by atoms with Gasteiger partial charge in [0, 0.05) is 35.3 Å². The zero-order valence-electron chi connectivity index (χ0n) is 15.2. The Hall–Kier alpha value is -1.86. The molecule has 1 atom stereocenters. The van der Waals surface area contributed by atoms with E-state index in [2.05, 4.69) is 26.7 Å². The molecule has 3 aromatic rings. The Morgan fingerprint density at radius 2 is 2.11 bits per heavy atom. The van der Waals surface area contributed by atoms with Crippen LogP contribution in [0.5, 0.6) is 5.75 Å². The van der Waals surface area contributed by atoms with Crippen LogP contribution in [-0.4, -0.2) is 57.6 Å². The Bertz CT molecular complexity index is 937. The highest BCUT2D eigenvalue weighted by Crippen LogP contribution is 2.34. The van der Waals surface area contributed by atoms with E-state index in [1.807, 2.05) is 31.3 Å². The molecule has 27 heavy (non-hydrogen) atoms. The highest BCUT2D eigenvalue weighted by molar-refractivity contribution is 6.31. The van der Waals surface area contributed by atoms with E-state index in [1.54, 1.807) is 0 Å². The van der Waals surface area contributed by atoms with E-state index in [9.17, 15) is 5.11 Å². The Balaban J connectivity index is 0.00000210. The molecular weight excluding hydrogens is 387 g/mol. The lowest BCUT2D eigenvalue weighted by Crippen LogP contribution is -2.41. The number of likely N-dealkylation sites (N-methyl/N-ethyl adjacent to an activating group) is 1. The van der Waals surface area contributed by atoms with E-state index < -0.39 is 0 Å². The van der Waals surface area contributed by atoms with Crippen molar-refractivity contribution < 1.29 is 9.84 Å². The van der Waals surface area contributed by atoms with Crippen molar-refractivity contribution in [1.29, 1.82) is 0 Å². The molecule has 1 saturated heterocycles. The topological polar surface area (TPSA) is 63.4 Å². The van der Waals surface area contributed by atoms with Crippen LogP contribution in [0.25, 0.3) is 22.3 Å². The molecule has 1 aliphatic rings. The molecule has 4 rings (SSSR count). The molecule has 1 N–H and O–H groups in total. The second-order valence-corrected chi connectivity index (χ2v) is 7.28. The van der Waals surface area contributed by atoms with Crippen LogP contribution in [0, 0.1) is 6.92 Å². The van der Waals surface area contributed by atoms with Crippen LogP contribution in [0.4, 0.5) is 0 Å². The third-order valence-corrected chi connectivity index (χ3v) is 5.01. The van der Waals surface area contributed by atoms with E-state index in [0.29, 0.717) is 16.3 Å². The van der Waals surface area contributed by atoms with Crippen molar-refractivity contribution in [2.45, 2.75) is 19.6 Å². The first-order valence-corrected chi connectivity index (χ1v) is 9.01. The zero-order valence-corrected chi connectivity index (χ0v) is 16.8. The predicted molar refractivity (Wildman–Crippen MR) is 109 cm³/mol. The van der Waals surface area contributed by atoms with Gasteiger partial charge in [0.15, 0.2) is 5.65 Å². The molecule has 3 heterocycles. The molecule has 2 aromatic heterocycles. The van der Waals surface area contributed by atoms with Gasteiger partial charge in [-0.3, -0.25) is 0 Å². The maximum absolute atomic E-state index is 10.3. The number of hydrogen-bond acceptors (Lipinski definition) is 5. The van der Waals surface area contributed by atoms with Crippen molar-refractivity contribution >= 4 is 35.0 Å². The smallest absolute Gasteiger partial charge is 0.162 e. The molecular formula is C19H22Cl2N4O2. The van der Waals surface area contributed by atoms with Crippen molar-refractivity contribution in [1.82, 2.24) is 19.7 Å². The summed E-state index contributed by atoms with van der Waals surface area (Å²) in [4.78, 5) is 2.27. The van der Waals surface area contributed by atoms with Crippen molar-refractivity contribution in [3.05, 3.63) is 41.0 Å². The van der Waals surface area contributed by atoms with Gasteiger partial charge >= 0.3 is 0 Å².